The van der Waals surface area contributed by atoms with Crippen molar-refractivity contribution in [3.05, 3.63) is 0 Å². The number of hydrogen-bond acceptors (Lipinski definition) is 2. The maximum atomic E-state index is 12.2. The van der Waals surface area contributed by atoms with Gasteiger partial charge in [-0.3, -0.25) is 4.79 Å². The van der Waals surface area contributed by atoms with Crippen LogP contribution in [0.3, 0.4) is 0 Å². The average molecular weight is 239 g/mol. The fourth-order valence-corrected chi connectivity index (χ4v) is 3.38. The maximum absolute atomic E-state index is 12.2. The van der Waals surface area contributed by atoms with E-state index in [1.54, 1.807) is 0 Å². The first-order valence-corrected chi connectivity index (χ1v) is 7.00. The van der Waals surface area contributed by atoms with E-state index in [1.807, 2.05) is 0 Å². The Morgan fingerprint density at radius 3 is 2.18 bits per heavy atom. The molecule has 17 heavy (non-hydrogen) atoms. The van der Waals surface area contributed by atoms with Crippen molar-refractivity contribution in [1.82, 2.24) is 5.32 Å². The Kier molecular flexibility index (Phi) is 3.76. The van der Waals surface area contributed by atoms with Crippen LogP contribution in [0.25, 0.3) is 0 Å². The number of rotatable bonds is 4. The smallest absolute Gasteiger partial charge is 0.225 e. The summed E-state index contributed by atoms with van der Waals surface area (Å²) >= 11 is 0. The lowest BCUT2D eigenvalue weighted by molar-refractivity contribution is -0.130. The molecule has 0 unspecified atom stereocenters. The van der Waals surface area contributed by atoms with Crippen LogP contribution in [0.4, 0.5) is 0 Å². The van der Waals surface area contributed by atoms with Crippen molar-refractivity contribution in [2.75, 3.05) is 13.2 Å². The molecule has 3 heteroatoms. The topological polar surface area (TPSA) is 49.3 Å². The number of hydrogen-bond donors (Lipinski definition) is 2. The highest BCUT2D eigenvalue weighted by molar-refractivity contribution is 5.82. The van der Waals surface area contributed by atoms with Gasteiger partial charge in [-0.15, -0.1) is 0 Å². The fraction of sp³-hybridized carbons (Fsp3) is 0.929. The minimum absolute atomic E-state index is 0.0232. The predicted molar refractivity (Wildman–Crippen MR) is 67.6 cm³/mol. The molecule has 2 saturated carbocycles. The van der Waals surface area contributed by atoms with Crippen LogP contribution >= 0.6 is 0 Å². The normalized spacial score (nSPS) is 26.0. The van der Waals surface area contributed by atoms with E-state index in [0.717, 1.165) is 25.7 Å². The van der Waals surface area contributed by atoms with Gasteiger partial charge in [0.25, 0.3) is 0 Å². The molecule has 2 aliphatic rings. The van der Waals surface area contributed by atoms with Crippen molar-refractivity contribution in [2.45, 2.75) is 58.3 Å². The fourth-order valence-electron chi connectivity index (χ4n) is 3.38. The largest absolute Gasteiger partial charge is 0.396 e. The SMILES string of the molecule is CC1(C(=O)NCC2(CO)CCCC2)CCCC1. The van der Waals surface area contributed by atoms with Crippen LogP contribution in [-0.2, 0) is 4.79 Å². The molecule has 2 rings (SSSR count). The molecule has 0 aromatic heterocycles. The zero-order valence-corrected chi connectivity index (χ0v) is 10.9. The molecule has 0 aromatic rings. The van der Waals surface area contributed by atoms with Gasteiger partial charge in [-0.1, -0.05) is 32.6 Å². The molecule has 1 amide bonds. The van der Waals surface area contributed by atoms with E-state index in [0.29, 0.717) is 6.54 Å². The van der Waals surface area contributed by atoms with Gasteiger partial charge in [0.05, 0.1) is 6.61 Å². The molecule has 0 saturated heterocycles. The van der Waals surface area contributed by atoms with E-state index >= 15 is 0 Å². The van der Waals surface area contributed by atoms with Gasteiger partial charge in [0.15, 0.2) is 0 Å². The summed E-state index contributed by atoms with van der Waals surface area (Å²) < 4.78 is 0. The zero-order valence-electron chi connectivity index (χ0n) is 10.9. The highest BCUT2D eigenvalue weighted by Gasteiger charge is 2.38. The van der Waals surface area contributed by atoms with Gasteiger partial charge in [-0.25, -0.2) is 0 Å². The summed E-state index contributed by atoms with van der Waals surface area (Å²) in [7, 11) is 0. The summed E-state index contributed by atoms with van der Waals surface area (Å²) in [6.07, 6.45) is 8.88. The predicted octanol–water partition coefficient (Wildman–Crippen LogP) is 2.24. The molecule has 98 valence electrons. The van der Waals surface area contributed by atoms with Crippen LogP contribution < -0.4 is 5.32 Å². The molecular weight excluding hydrogens is 214 g/mol. The van der Waals surface area contributed by atoms with Gasteiger partial charge in [-0.05, 0) is 25.7 Å². The Morgan fingerprint density at radius 1 is 1.12 bits per heavy atom. The van der Waals surface area contributed by atoms with Crippen molar-refractivity contribution in [1.29, 1.82) is 0 Å². The summed E-state index contributed by atoms with van der Waals surface area (Å²) in [5, 5.41) is 12.6. The van der Waals surface area contributed by atoms with Crippen LogP contribution in [0, 0.1) is 10.8 Å². The van der Waals surface area contributed by atoms with Crippen molar-refractivity contribution < 1.29 is 9.90 Å². The number of aliphatic hydroxyl groups excluding tert-OH is 1. The summed E-state index contributed by atoms with van der Waals surface area (Å²) in [6, 6.07) is 0. The highest BCUT2D eigenvalue weighted by atomic mass is 16.3. The minimum Gasteiger partial charge on any atom is -0.396 e. The molecule has 3 nitrogen and oxygen atoms in total. The Labute approximate surface area is 104 Å². The first-order valence-electron chi connectivity index (χ1n) is 7.00. The van der Waals surface area contributed by atoms with E-state index in [1.165, 1.54) is 25.7 Å². The molecule has 0 aliphatic heterocycles. The van der Waals surface area contributed by atoms with Crippen molar-refractivity contribution in [3.8, 4) is 0 Å². The summed E-state index contributed by atoms with van der Waals surface area (Å²) in [5.74, 6) is 0.203. The number of aliphatic hydroxyl groups is 1. The van der Waals surface area contributed by atoms with Crippen LogP contribution in [0.5, 0.6) is 0 Å². The first-order chi connectivity index (χ1) is 8.10. The lowest BCUT2D eigenvalue weighted by Gasteiger charge is -2.29. The third-order valence-electron chi connectivity index (χ3n) is 4.88. The second-order valence-electron chi connectivity index (χ2n) is 6.32. The molecule has 2 N–H and O–H groups in total. The van der Waals surface area contributed by atoms with E-state index in [-0.39, 0.29) is 23.3 Å². The van der Waals surface area contributed by atoms with Gasteiger partial charge in [0, 0.05) is 17.4 Å². The van der Waals surface area contributed by atoms with Crippen molar-refractivity contribution in [3.63, 3.8) is 0 Å². The Bertz CT molecular complexity index is 276. The van der Waals surface area contributed by atoms with Crippen LogP contribution in [-0.4, -0.2) is 24.2 Å². The van der Waals surface area contributed by atoms with Crippen LogP contribution in [0.2, 0.25) is 0 Å². The van der Waals surface area contributed by atoms with Gasteiger partial charge in [0.2, 0.25) is 5.91 Å². The number of carbonyl (C=O) groups is 1. The molecule has 0 heterocycles. The minimum atomic E-state index is -0.144. The Morgan fingerprint density at radius 2 is 1.65 bits per heavy atom. The molecule has 2 aliphatic carbocycles. The van der Waals surface area contributed by atoms with Crippen LogP contribution in [0.1, 0.15) is 58.3 Å². The van der Waals surface area contributed by atoms with Gasteiger partial charge >= 0.3 is 0 Å². The monoisotopic (exact) mass is 239 g/mol. The summed E-state index contributed by atoms with van der Waals surface area (Å²) in [6.45, 7) is 2.96. The molecule has 0 aromatic carbocycles. The lowest BCUT2D eigenvalue weighted by atomic mass is 9.84. The van der Waals surface area contributed by atoms with Gasteiger partial charge in [-0.2, -0.15) is 0 Å². The second kappa shape index (κ2) is 4.97. The van der Waals surface area contributed by atoms with E-state index in [9.17, 15) is 9.90 Å². The molecule has 2 fully saturated rings. The number of nitrogens with one attached hydrogen (secondary N) is 1. The third kappa shape index (κ3) is 2.65. The molecule has 0 bridgehead atoms. The van der Waals surface area contributed by atoms with E-state index in [4.69, 9.17) is 0 Å². The van der Waals surface area contributed by atoms with Crippen molar-refractivity contribution in [2.24, 2.45) is 10.8 Å². The lowest BCUT2D eigenvalue weighted by Crippen LogP contribution is -2.44. The van der Waals surface area contributed by atoms with Gasteiger partial charge in [0.1, 0.15) is 0 Å². The van der Waals surface area contributed by atoms with Crippen LogP contribution in [0.15, 0.2) is 0 Å². The second-order valence-corrected chi connectivity index (χ2v) is 6.32. The third-order valence-corrected chi connectivity index (χ3v) is 4.88. The molecule has 0 spiro atoms. The Balaban J connectivity index is 1.87. The molecule has 0 atom stereocenters. The quantitative estimate of drug-likeness (QED) is 0.790. The van der Waals surface area contributed by atoms with Crippen molar-refractivity contribution >= 4 is 5.91 Å². The van der Waals surface area contributed by atoms with E-state index < -0.39 is 0 Å². The Hall–Kier alpha value is -0.570. The molecule has 0 radical (unpaired) electrons. The van der Waals surface area contributed by atoms with Gasteiger partial charge < -0.3 is 10.4 Å². The summed E-state index contributed by atoms with van der Waals surface area (Å²) in [5.41, 5.74) is -0.167. The zero-order chi connectivity index (χ0) is 12.4. The molecular formula is C14H25NO2. The highest BCUT2D eigenvalue weighted by Crippen LogP contribution is 2.39. The standard InChI is InChI=1S/C14H25NO2/c1-13(6-2-3-7-13)12(17)15-10-14(11-16)8-4-5-9-14/h16H,2-11H2,1H3,(H,15,17). The first kappa shape index (κ1) is 12.9. The maximum Gasteiger partial charge on any atom is 0.225 e. The van der Waals surface area contributed by atoms with E-state index in [2.05, 4.69) is 12.2 Å². The average Bonchev–Trinajstić information content (AvgIpc) is 2.96. The number of amides is 1. The summed E-state index contributed by atoms with van der Waals surface area (Å²) in [4.78, 5) is 12.2. The number of carbonyl (C=O) groups excluding carboxylic acids is 1.